The number of alkyl halides is 3. The van der Waals surface area contributed by atoms with Crippen molar-refractivity contribution in [1.29, 1.82) is 0 Å². The van der Waals surface area contributed by atoms with Crippen molar-refractivity contribution < 1.29 is 22.4 Å². The number of hydrogen-bond donors (Lipinski definition) is 1. The first-order valence-corrected chi connectivity index (χ1v) is 5.39. The molecular weight excluding hydrogens is 306 g/mol. The van der Waals surface area contributed by atoms with Crippen LogP contribution in [0, 0.1) is 5.82 Å². The standard InChI is InChI=1S/C10H8BrF4NO/c11-7-5-6(1-2-8(7)12)16-9(17)3-4-10(13,14)15/h1-2,5H,3-4H2,(H,16,17). The van der Waals surface area contributed by atoms with Gasteiger partial charge in [0.05, 0.1) is 10.9 Å². The highest BCUT2D eigenvalue weighted by molar-refractivity contribution is 9.10. The highest BCUT2D eigenvalue weighted by Crippen LogP contribution is 2.23. The minimum atomic E-state index is -4.36. The van der Waals surface area contributed by atoms with E-state index < -0.39 is 30.7 Å². The average Bonchev–Trinajstić information content (AvgIpc) is 2.20. The fourth-order valence-corrected chi connectivity index (χ4v) is 1.43. The summed E-state index contributed by atoms with van der Waals surface area (Å²) in [4.78, 5) is 11.1. The molecule has 0 spiro atoms. The number of hydrogen-bond acceptors (Lipinski definition) is 1. The molecule has 1 amide bonds. The number of benzene rings is 1. The van der Waals surface area contributed by atoms with Crippen LogP contribution in [-0.4, -0.2) is 12.1 Å². The number of carbonyl (C=O) groups excluding carboxylic acids is 1. The van der Waals surface area contributed by atoms with E-state index in [1.54, 1.807) is 0 Å². The summed E-state index contributed by atoms with van der Waals surface area (Å²) in [5, 5.41) is 2.25. The Bertz CT molecular complexity index is 419. The topological polar surface area (TPSA) is 29.1 Å². The van der Waals surface area contributed by atoms with E-state index in [0.717, 1.165) is 6.07 Å². The zero-order valence-corrected chi connectivity index (χ0v) is 10.0. The minimum absolute atomic E-state index is 0.131. The van der Waals surface area contributed by atoms with Crippen LogP contribution in [0.2, 0.25) is 0 Å². The summed E-state index contributed by atoms with van der Waals surface area (Å²) in [6.45, 7) is 0. The number of carbonyl (C=O) groups is 1. The molecule has 17 heavy (non-hydrogen) atoms. The predicted molar refractivity (Wildman–Crippen MR) is 58.0 cm³/mol. The van der Waals surface area contributed by atoms with Crippen molar-refractivity contribution in [3.8, 4) is 0 Å². The zero-order valence-electron chi connectivity index (χ0n) is 8.44. The minimum Gasteiger partial charge on any atom is -0.326 e. The van der Waals surface area contributed by atoms with Crippen molar-refractivity contribution in [3.05, 3.63) is 28.5 Å². The Balaban J connectivity index is 2.54. The van der Waals surface area contributed by atoms with Crippen LogP contribution < -0.4 is 5.32 Å². The lowest BCUT2D eigenvalue weighted by molar-refractivity contribution is -0.142. The Morgan fingerprint density at radius 1 is 1.35 bits per heavy atom. The molecule has 0 aliphatic carbocycles. The van der Waals surface area contributed by atoms with Gasteiger partial charge in [-0.15, -0.1) is 0 Å². The molecule has 2 nitrogen and oxygen atoms in total. The van der Waals surface area contributed by atoms with Crippen LogP contribution in [0.1, 0.15) is 12.8 Å². The molecular formula is C10H8BrF4NO. The third-order valence-corrected chi connectivity index (χ3v) is 2.45. The molecule has 94 valence electrons. The summed E-state index contributed by atoms with van der Waals surface area (Å²) in [6, 6.07) is 3.65. The molecule has 1 aromatic rings. The van der Waals surface area contributed by atoms with Gasteiger partial charge < -0.3 is 5.32 Å². The van der Waals surface area contributed by atoms with Crippen LogP contribution in [0.15, 0.2) is 22.7 Å². The summed E-state index contributed by atoms with van der Waals surface area (Å²) < 4.78 is 48.5. The van der Waals surface area contributed by atoms with Gasteiger partial charge in [0.2, 0.25) is 5.91 Å². The van der Waals surface area contributed by atoms with Crippen LogP contribution >= 0.6 is 15.9 Å². The van der Waals surface area contributed by atoms with Gasteiger partial charge in [-0.25, -0.2) is 4.39 Å². The van der Waals surface area contributed by atoms with E-state index in [2.05, 4.69) is 21.2 Å². The van der Waals surface area contributed by atoms with Gasteiger partial charge in [0.15, 0.2) is 0 Å². The number of amides is 1. The molecule has 0 bridgehead atoms. The first-order chi connectivity index (χ1) is 7.78. The van der Waals surface area contributed by atoms with Gasteiger partial charge in [-0.2, -0.15) is 13.2 Å². The second-order valence-corrected chi connectivity index (χ2v) is 4.15. The summed E-state index contributed by atoms with van der Waals surface area (Å²) in [6.07, 6.45) is -6.19. The van der Waals surface area contributed by atoms with Gasteiger partial charge in [-0.3, -0.25) is 4.79 Å². The van der Waals surface area contributed by atoms with Crippen LogP contribution in [0.25, 0.3) is 0 Å². The van der Waals surface area contributed by atoms with E-state index in [-0.39, 0.29) is 10.2 Å². The molecule has 1 rings (SSSR count). The fraction of sp³-hybridized carbons (Fsp3) is 0.300. The maximum absolute atomic E-state index is 12.8. The van der Waals surface area contributed by atoms with Gasteiger partial charge in [0.1, 0.15) is 5.82 Å². The molecule has 0 heterocycles. The Kier molecular flexibility index (Phi) is 4.50. The van der Waals surface area contributed by atoms with Gasteiger partial charge >= 0.3 is 6.18 Å². The van der Waals surface area contributed by atoms with Crippen LogP contribution in [0.3, 0.4) is 0 Å². The van der Waals surface area contributed by atoms with Crippen LogP contribution in [0.4, 0.5) is 23.2 Å². The van der Waals surface area contributed by atoms with Gasteiger partial charge in [0, 0.05) is 12.1 Å². The molecule has 1 N–H and O–H groups in total. The van der Waals surface area contributed by atoms with Crippen molar-refractivity contribution in [2.24, 2.45) is 0 Å². The molecule has 0 fully saturated rings. The van der Waals surface area contributed by atoms with Gasteiger partial charge in [-0.05, 0) is 34.1 Å². The third-order valence-electron chi connectivity index (χ3n) is 1.84. The lowest BCUT2D eigenvalue weighted by Crippen LogP contribution is -2.16. The Hall–Kier alpha value is -1.11. The third kappa shape index (κ3) is 5.16. The Morgan fingerprint density at radius 2 is 2.00 bits per heavy atom. The Morgan fingerprint density at radius 3 is 2.53 bits per heavy atom. The quantitative estimate of drug-likeness (QED) is 0.843. The van der Waals surface area contributed by atoms with Crippen molar-refractivity contribution in [2.45, 2.75) is 19.0 Å². The number of halogens is 5. The number of nitrogens with one attached hydrogen (secondary N) is 1. The summed E-state index contributed by atoms with van der Waals surface area (Å²) in [5.74, 6) is -1.28. The lowest BCUT2D eigenvalue weighted by atomic mass is 10.2. The van der Waals surface area contributed by atoms with E-state index in [1.165, 1.54) is 12.1 Å². The molecule has 1 aromatic carbocycles. The second-order valence-electron chi connectivity index (χ2n) is 3.29. The number of anilines is 1. The summed E-state index contributed by atoms with van der Waals surface area (Å²) in [7, 11) is 0. The highest BCUT2D eigenvalue weighted by atomic mass is 79.9. The lowest BCUT2D eigenvalue weighted by Gasteiger charge is -2.07. The van der Waals surface area contributed by atoms with Crippen molar-refractivity contribution in [1.82, 2.24) is 0 Å². The average molecular weight is 314 g/mol. The zero-order chi connectivity index (χ0) is 13.1. The smallest absolute Gasteiger partial charge is 0.326 e. The van der Waals surface area contributed by atoms with E-state index in [0.29, 0.717) is 0 Å². The van der Waals surface area contributed by atoms with E-state index >= 15 is 0 Å². The molecule has 0 radical (unpaired) electrons. The van der Waals surface area contributed by atoms with Crippen molar-refractivity contribution in [2.75, 3.05) is 5.32 Å². The fourth-order valence-electron chi connectivity index (χ4n) is 1.05. The molecule has 0 saturated carbocycles. The molecule has 0 aliphatic heterocycles. The number of rotatable bonds is 3. The molecule has 0 atom stereocenters. The second kappa shape index (κ2) is 5.48. The maximum Gasteiger partial charge on any atom is 0.389 e. The van der Waals surface area contributed by atoms with E-state index in [9.17, 15) is 22.4 Å². The first-order valence-electron chi connectivity index (χ1n) is 4.59. The summed E-state index contributed by atoms with van der Waals surface area (Å²) >= 11 is 2.90. The largest absolute Gasteiger partial charge is 0.389 e. The van der Waals surface area contributed by atoms with Crippen molar-refractivity contribution >= 4 is 27.5 Å². The van der Waals surface area contributed by atoms with Crippen LogP contribution in [-0.2, 0) is 4.79 Å². The Labute approximate surface area is 103 Å². The molecule has 0 unspecified atom stereocenters. The highest BCUT2D eigenvalue weighted by Gasteiger charge is 2.27. The molecule has 0 aliphatic rings. The SMILES string of the molecule is O=C(CCC(F)(F)F)Nc1ccc(F)c(Br)c1. The monoisotopic (exact) mass is 313 g/mol. The predicted octanol–water partition coefficient (Wildman–Crippen LogP) is 3.87. The van der Waals surface area contributed by atoms with E-state index in [4.69, 9.17) is 0 Å². The van der Waals surface area contributed by atoms with Gasteiger partial charge in [-0.1, -0.05) is 0 Å². The first kappa shape index (κ1) is 14.0. The summed E-state index contributed by atoms with van der Waals surface area (Å²) in [5.41, 5.74) is 0.241. The molecule has 0 saturated heterocycles. The molecule has 0 aromatic heterocycles. The maximum atomic E-state index is 12.8. The normalized spacial score (nSPS) is 11.4. The van der Waals surface area contributed by atoms with Crippen LogP contribution in [0.5, 0.6) is 0 Å². The van der Waals surface area contributed by atoms with Crippen molar-refractivity contribution in [3.63, 3.8) is 0 Å². The van der Waals surface area contributed by atoms with E-state index in [1.807, 2.05) is 0 Å². The van der Waals surface area contributed by atoms with Gasteiger partial charge in [0.25, 0.3) is 0 Å². The molecule has 7 heteroatoms.